The fourth-order valence-electron chi connectivity index (χ4n) is 1.64. The summed E-state index contributed by atoms with van der Waals surface area (Å²) in [6.07, 6.45) is 3.34. The summed E-state index contributed by atoms with van der Waals surface area (Å²) < 4.78 is 0. The van der Waals surface area contributed by atoms with E-state index in [-0.39, 0.29) is 18.2 Å². The van der Waals surface area contributed by atoms with Crippen LogP contribution >= 0.6 is 0 Å². The third-order valence-corrected chi connectivity index (χ3v) is 2.68. The van der Waals surface area contributed by atoms with Crippen LogP contribution in [0.25, 0.3) is 0 Å². The number of carbonyl (C=O) groups excluding carboxylic acids is 2. The number of hydrogen-bond donors (Lipinski definition) is 3. The third-order valence-electron chi connectivity index (χ3n) is 2.68. The maximum Gasteiger partial charge on any atom is 0.265 e. The highest BCUT2D eigenvalue weighted by atomic mass is 16.2. The largest absolute Gasteiger partial charge is 0.326 e. The van der Waals surface area contributed by atoms with Gasteiger partial charge in [-0.1, -0.05) is 18.2 Å². The molecule has 1 heterocycles. The average molecular weight is 284 g/mol. The quantitative estimate of drug-likeness (QED) is 0.552. The Morgan fingerprint density at radius 3 is 2.43 bits per heavy atom. The van der Waals surface area contributed by atoms with Crippen molar-refractivity contribution in [1.29, 1.82) is 0 Å². The molecule has 1 aromatic heterocycles. The number of hydrogen-bond acceptors (Lipinski definition) is 4. The van der Waals surface area contributed by atoms with Crippen molar-refractivity contribution in [3.63, 3.8) is 0 Å². The Kier molecular flexibility index (Phi) is 5.42. The van der Waals surface area contributed by atoms with Gasteiger partial charge in [-0.25, -0.2) is 5.43 Å². The summed E-state index contributed by atoms with van der Waals surface area (Å²) in [5.41, 5.74) is 6.50. The fraction of sp³-hybridized carbons (Fsp3) is 0.133. The summed E-state index contributed by atoms with van der Waals surface area (Å²) >= 11 is 0. The molecule has 2 rings (SSSR count). The molecule has 2 aromatic rings. The van der Waals surface area contributed by atoms with Gasteiger partial charge in [0.1, 0.15) is 0 Å². The number of anilines is 1. The van der Waals surface area contributed by atoms with Gasteiger partial charge < -0.3 is 5.32 Å². The van der Waals surface area contributed by atoms with E-state index >= 15 is 0 Å². The molecule has 108 valence electrons. The lowest BCUT2D eigenvalue weighted by Crippen LogP contribution is -2.39. The predicted molar refractivity (Wildman–Crippen MR) is 79.4 cm³/mol. The zero-order valence-electron chi connectivity index (χ0n) is 11.4. The first-order valence-electron chi connectivity index (χ1n) is 6.54. The third kappa shape index (κ3) is 5.04. The number of aromatic nitrogens is 1. The van der Waals surface area contributed by atoms with Crippen LogP contribution in [0.4, 0.5) is 5.69 Å². The second kappa shape index (κ2) is 7.76. The van der Waals surface area contributed by atoms with Gasteiger partial charge >= 0.3 is 0 Å². The Labute approximate surface area is 122 Å². The van der Waals surface area contributed by atoms with Gasteiger partial charge in [0.05, 0.1) is 0 Å². The Morgan fingerprint density at radius 1 is 1.00 bits per heavy atom. The maximum absolute atomic E-state index is 11.7. The van der Waals surface area contributed by atoms with E-state index in [2.05, 4.69) is 21.2 Å². The second-order valence-electron chi connectivity index (χ2n) is 4.28. The number of benzene rings is 1. The standard InChI is InChI=1S/C15H16N4O2/c20-14(18-13-4-2-1-3-5-13)8-11-17-19-15(21)12-6-9-16-10-7-12/h1-7,9-10,17H,8,11H2,(H,18,20)(H,19,21). The van der Waals surface area contributed by atoms with E-state index in [0.717, 1.165) is 5.69 Å². The minimum Gasteiger partial charge on any atom is -0.326 e. The van der Waals surface area contributed by atoms with Crippen molar-refractivity contribution in [2.24, 2.45) is 0 Å². The molecular formula is C15H16N4O2. The molecule has 3 N–H and O–H groups in total. The van der Waals surface area contributed by atoms with Gasteiger partial charge in [0.2, 0.25) is 5.91 Å². The van der Waals surface area contributed by atoms with E-state index < -0.39 is 0 Å². The Hall–Kier alpha value is -2.73. The first kappa shape index (κ1) is 14.7. The molecule has 2 amide bonds. The Balaban J connectivity index is 1.66. The summed E-state index contributed by atoms with van der Waals surface area (Å²) in [6, 6.07) is 12.4. The number of para-hydroxylation sites is 1. The highest BCUT2D eigenvalue weighted by molar-refractivity contribution is 5.93. The van der Waals surface area contributed by atoms with E-state index in [1.54, 1.807) is 24.5 Å². The number of amides is 2. The number of carbonyl (C=O) groups is 2. The zero-order chi connectivity index (χ0) is 14.9. The molecule has 0 saturated carbocycles. The van der Waals surface area contributed by atoms with Gasteiger partial charge in [-0.3, -0.25) is 20.0 Å². The molecule has 21 heavy (non-hydrogen) atoms. The van der Waals surface area contributed by atoms with Crippen LogP contribution in [0, 0.1) is 0 Å². The van der Waals surface area contributed by atoms with Crippen LogP contribution in [0.15, 0.2) is 54.9 Å². The minimum absolute atomic E-state index is 0.119. The molecule has 0 aliphatic rings. The number of pyridine rings is 1. The second-order valence-corrected chi connectivity index (χ2v) is 4.28. The molecule has 0 radical (unpaired) electrons. The lowest BCUT2D eigenvalue weighted by Gasteiger charge is -2.07. The Bertz CT molecular complexity index is 587. The van der Waals surface area contributed by atoms with Crippen molar-refractivity contribution in [1.82, 2.24) is 15.8 Å². The van der Waals surface area contributed by atoms with Gasteiger partial charge in [0.25, 0.3) is 5.91 Å². The molecule has 0 aliphatic heterocycles. The smallest absolute Gasteiger partial charge is 0.265 e. The summed E-state index contributed by atoms with van der Waals surface area (Å²) in [6.45, 7) is 0.343. The van der Waals surface area contributed by atoms with Crippen LogP contribution in [0.5, 0.6) is 0 Å². The van der Waals surface area contributed by atoms with E-state index in [4.69, 9.17) is 0 Å². The molecule has 6 heteroatoms. The van der Waals surface area contributed by atoms with Crippen LogP contribution in [0.2, 0.25) is 0 Å². The number of nitrogens with one attached hydrogen (secondary N) is 3. The SMILES string of the molecule is O=C(CCNNC(=O)c1ccncc1)Nc1ccccc1. The van der Waals surface area contributed by atoms with E-state index in [1.165, 1.54) is 0 Å². The van der Waals surface area contributed by atoms with Crippen LogP contribution in [-0.2, 0) is 4.79 Å². The van der Waals surface area contributed by atoms with Crippen LogP contribution in [0.3, 0.4) is 0 Å². The van der Waals surface area contributed by atoms with Crippen LogP contribution in [0.1, 0.15) is 16.8 Å². The lowest BCUT2D eigenvalue weighted by molar-refractivity contribution is -0.116. The van der Waals surface area contributed by atoms with Gasteiger partial charge in [0, 0.05) is 36.6 Å². The highest BCUT2D eigenvalue weighted by Gasteiger charge is 2.05. The van der Waals surface area contributed by atoms with Gasteiger partial charge in [-0.15, -0.1) is 0 Å². The normalized spacial score (nSPS) is 9.90. The van der Waals surface area contributed by atoms with Crippen molar-refractivity contribution >= 4 is 17.5 Å². The molecular weight excluding hydrogens is 268 g/mol. The molecule has 0 fully saturated rings. The van der Waals surface area contributed by atoms with E-state index in [9.17, 15) is 9.59 Å². The van der Waals surface area contributed by atoms with Crippen molar-refractivity contribution in [3.05, 3.63) is 60.4 Å². The average Bonchev–Trinajstić information content (AvgIpc) is 2.53. The summed E-state index contributed by atoms with van der Waals surface area (Å²) in [7, 11) is 0. The molecule has 6 nitrogen and oxygen atoms in total. The number of hydrazine groups is 1. The predicted octanol–water partition coefficient (Wildman–Crippen LogP) is 1.34. The number of nitrogens with zero attached hydrogens (tertiary/aromatic N) is 1. The van der Waals surface area contributed by atoms with Crippen LogP contribution < -0.4 is 16.2 Å². The monoisotopic (exact) mass is 284 g/mol. The van der Waals surface area contributed by atoms with Crippen molar-refractivity contribution in [3.8, 4) is 0 Å². The molecule has 0 spiro atoms. The molecule has 0 aliphatic carbocycles. The van der Waals surface area contributed by atoms with E-state index in [1.807, 2.05) is 30.3 Å². The lowest BCUT2D eigenvalue weighted by atomic mass is 10.2. The molecule has 0 atom stereocenters. The summed E-state index contributed by atoms with van der Waals surface area (Å²) in [5, 5.41) is 2.76. The van der Waals surface area contributed by atoms with Crippen molar-refractivity contribution in [2.45, 2.75) is 6.42 Å². The van der Waals surface area contributed by atoms with Gasteiger partial charge in [-0.2, -0.15) is 0 Å². The zero-order valence-corrected chi connectivity index (χ0v) is 11.4. The maximum atomic E-state index is 11.7. The van der Waals surface area contributed by atoms with Crippen LogP contribution in [-0.4, -0.2) is 23.3 Å². The molecule has 0 bridgehead atoms. The van der Waals surface area contributed by atoms with Gasteiger partial charge in [0.15, 0.2) is 0 Å². The molecule has 0 unspecified atom stereocenters. The minimum atomic E-state index is -0.263. The summed E-state index contributed by atoms with van der Waals surface area (Å²) in [5.74, 6) is -0.382. The number of rotatable bonds is 6. The van der Waals surface area contributed by atoms with Crippen molar-refractivity contribution in [2.75, 3.05) is 11.9 Å². The highest BCUT2D eigenvalue weighted by Crippen LogP contribution is 2.04. The fourth-order valence-corrected chi connectivity index (χ4v) is 1.64. The molecule has 1 aromatic carbocycles. The topological polar surface area (TPSA) is 83.1 Å². The van der Waals surface area contributed by atoms with Gasteiger partial charge in [-0.05, 0) is 24.3 Å². The Morgan fingerprint density at radius 2 is 1.71 bits per heavy atom. The molecule has 0 saturated heterocycles. The summed E-state index contributed by atoms with van der Waals surface area (Å²) in [4.78, 5) is 27.2. The van der Waals surface area contributed by atoms with Crippen molar-refractivity contribution < 1.29 is 9.59 Å². The first-order valence-corrected chi connectivity index (χ1v) is 6.54. The van der Waals surface area contributed by atoms with E-state index in [0.29, 0.717) is 12.1 Å². The first-order chi connectivity index (χ1) is 10.3.